The fraction of sp³-hybridized carbons (Fsp3) is 0.857. The summed E-state index contributed by atoms with van der Waals surface area (Å²) in [5, 5.41) is 0. The number of rotatable bonds is 5. The minimum absolute atomic E-state index is 0.0608. The third-order valence-electron chi connectivity index (χ3n) is 4.01. The highest BCUT2D eigenvalue weighted by atomic mass is 16.5. The van der Waals surface area contributed by atoms with E-state index in [9.17, 15) is 9.59 Å². The van der Waals surface area contributed by atoms with Crippen LogP contribution in [0.2, 0.25) is 0 Å². The van der Waals surface area contributed by atoms with Crippen LogP contribution in [0.15, 0.2) is 0 Å². The molecule has 18 heavy (non-hydrogen) atoms. The molecule has 2 unspecified atom stereocenters. The maximum atomic E-state index is 12.1. The van der Waals surface area contributed by atoms with Crippen LogP contribution in [-0.2, 0) is 14.3 Å². The summed E-state index contributed by atoms with van der Waals surface area (Å²) in [6.07, 6.45) is 5.59. The third-order valence-corrected chi connectivity index (χ3v) is 4.01. The Labute approximate surface area is 109 Å². The highest BCUT2D eigenvalue weighted by Crippen LogP contribution is 2.33. The molecule has 0 aromatic heterocycles. The number of hydrogen-bond acceptors (Lipinski definition) is 3. The lowest BCUT2D eigenvalue weighted by atomic mass is 9.95. The minimum Gasteiger partial charge on any atom is -0.372 e. The van der Waals surface area contributed by atoms with Crippen molar-refractivity contribution in [1.29, 1.82) is 0 Å². The van der Waals surface area contributed by atoms with Crippen molar-refractivity contribution in [3.8, 4) is 0 Å². The minimum atomic E-state index is 0.0608. The number of carbonyl (C=O) groups is 2. The smallest absolute Gasteiger partial charge is 0.248 e. The summed E-state index contributed by atoms with van der Waals surface area (Å²) >= 11 is 0. The van der Waals surface area contributed by atoms with Gasteiger partial charge in [-0.05, 0) is 32.1 Å². The topological polar surface area (TPSA) is 46.6 Å². The monoisotopic (exact) mass is 253 g/mol. The molecule has 4 heteroatoms. The third kappa shape index (κ3) is 2.91. The van der Waals surface area contributed by atoms with Crippen molar-refractivity contribution in [3.05, 3.63) is 0 Å². The lowest BCUT2D eigenvalue weighted by molar-refractivity contribution is -0.138. The predicted octanol–water partition coefficient (Wildman–Crippen LogP) is 1.77. The van der Waals surface area contributed by atoms with E-state index in [1.165, 1.54) is 0 Å². The van der Waals surface area contributed by atoms with Crippen molar-refractivity contribution in [1.82, 2.24) is 4.90 Å². The molecule has 1 saturated heterocycles. The van der Waals surface area contributed by atoms with E-state index < -0.39 is 0 Å². The van der Waals surface area contributed by atoms with Crippen LogP contribution in [0.1, 0.15) is 45.4 Å². The molecule has 1 aliphatic heterocycles. The molecule has 2 atom stereocenters. The summed E-state index contributed by atoms with van der Waals surface area (Å²) in [5.74, 6) is 0.516. The zero-order chi connectivity index (χ0) is 13.0. The summed E-state index contributed by atoms with van der Waals surface area (Å²) in [7, 11) is 0. The quantitative estimate of drug-likeness (QED) is 0.702. The molecule has 102 valence electrons. The number of ketones is 1. The van der Waals surface area contributed by atoms with E-state index in [2.05, 4.69) is 0 Å². The Hall–Kier alpha value is -0.900. The molecule has 0 radical (unpaired) electrons. The molecule has 0 spiro atoms. The molecule has 4 nitrogen and oxygen atoms in total. The van der Waals surface area contributed by atoms with Crippen LogP contribution >= 0.6 is 0 Å². The highest BCUT2D eigenvalue weighted by Gasteiger charge is 2.39. The number of amides is 1. The Morgan fingerprint density at radius 3 is 2.89 bits per heavy atom. The molecule has 0 bridgehead atoms. The van der Waals surface area contributed by atoms with Crippen molar-refractivity contribution >= 4 is 11.7 Å². The first-order valence-corrected chi connectivity index (χ1v) is 7.14. The van der Waals surface area contributed by atoms with Crippen LogP contribution in [0.3, 0.4) is 0 Å². The molecule has 1 aliphatic carbocycles. The van der Waals surface area contributed by atoms with Crippen molar-refractivity contribution < 1.29 is 14.3 Å². The number of nitrogens with zero attached hydrogens (tertiary/aromatic N) is 1. The van der Waals surface area contributed by atoms with Gasteiger partial charge >= 0.3 is 0 Å². The number of likely N-dealkylation sites (tertiary alicyclic amines) is 1. The van der Waals surface area contributed by atoms with E-state index >= 15 is 0 Å². The van der Waals surface area contributed by atoms with Crippen LogP contribution in [0.25, 0.3) is 0 Å². The zero-order valence-corrected chi connectivity index (χ0v) is 11.2. The van der Waals surface area contributed by atoms with Crippen molar-refractivity contribution in [3.63, 3.8) is 0 Å². The number of carbonyl (C=O) groups excluding carboxylic acids is 2. The Kier molecular flexibility index (Phi) is 4.75. The van der Waals surface area contributed by atoms with E-state index in [0.29, 0.717) is 18.8 Å². The van der Waals surface area contributed by atoms with Gasteiger partial charge in [-0.15, -0.1) is 0 Å². The van der Waals surface area contributed by atoms with Gasteiger partial charge in [-0.25, -0.2) is 0 Å². The van der Waals surface area contributed by atoms with Gasteiger partial charge in [-0.3, -0.25) is 9.59 Å². The first-order valence-electron chi connectivity index (χ1n) is 7.14. The summed E-state index contributed by atoms with van der Waals surface area (Å²) in [6.45, 7) is 3.63. The van der Waals surface area contributed by atoms with E-state index in [1.807, 2.05) is 11.8 Å². The largest absolute Gasteiger partial charge is 0.372 e. The van der Waals surface area contributed by atoms with Gasteiger partial charge in [0, 0.05) is 31.5 Å². The van der Waals surface area contributed by atoms with Gasteiger partial charge in [-0.1, -0.05) is 6.92 Å². The predicted molar refractivity (Wildman–Crippen MR) is 68.2 cm³/mol. The molecular formula is C14H23NO3. The second kappa shape index (κ2) is 6.32. The summed E-state index contributed by atoms with van der Waals surface area (Å²) in [6, 6.07) is 0.151. The molecule has 1 saturated carbocycles. The first kappa shape index (κ1) is 13.5. The van der Waals surface area contributed by atoms with Crippen molar-refractivity contribution in [2.45, 2.75) is 51.5 Å². The second-order valence-corrected chi connectivity index (χ2v) is 5.31. The summed E-state index contributed by atoms with van der Waals surface area (Å²) in [5.41, 5.74) is 0. The number of Topliss-reactive ketones (excluding diaryl/α,β-unsaturated/α-hetero) is 1. The van der Waals surface area contributed by atoms with Gasteiger partial charge in [0.05, 0.1) is 0 Å². The molecule has 0 aromatic carbocycles. The van der Waals surface area contributed by atoms with Gasteiger partial charge in [0.2, 0.25) is 5.91 Å². The molecule has 0 aromatic rings. The molecule has 2 rings (SSSR count). The Morgan fingerprint density at radius 1 is 1.39 bits per heavy atom. The average molecular weight is 253 g/mol. The van der Waals surface area contributed by atoms with Gasteiger partial charge in [0.15, 0.2) is 0 Å². The van der Waals surface area contributed by atoms with E-state index in [-0.39, 0.29) is 24.5 Å². The molecular weight excluding hydrogens is 230 g/mol. The van der Waals surface area contributed by atoms with Crippen LogP contribution in [-0.4, -0.2) is 42.4 Å². The Balaban J connectivity index is 1.90. The maximum absolute atomic E-state index is 12.1. The second-order valence-electron chi connectivity index (χ2n) is 5.31. The van der Waals surface area contributed by atoms with E-state index in [4.69, 9.17) is 4.74 Å². The molecule has 1 amide bonds. The molecule has 1 heterocycles. The molecule has 0 N–H and O–H groups in total. The van der Waals surface area contributed by atoms with Gasteiger partial charge in [0.25, 0.3) is 0 Å². The SMILES string of the molecule is CCCOCC(=O)N1CCCC1C1CCCC1=O. The summed E-state index contributed by atoms with van der Waals surface area (Å²) in [4.78, 5) is 25.8. The zero-order valence-electron chi connectivity index (χ0n) is 11.2. The molecule has 2 fully saturated rings. The Morgan fingerprint density at radius 2 is 2.22 bits per heavy atom. The number of hydrogen-bond donors (Lipinski definition) is 0. The van der Waals surface area contributed by atoms with Crippen LogP contribution in [0.5, 0.6) is 0 Å². The fourth-order valence-electron chi connectivity index (χ4n) is 3.16. The standard InChI is InChI=1S/C14H23NO3/c1-2-9-18-10-14(17)15-8-4-6-12(15)11-5-3-7-13(11)16/h11-12H,2-10H2,1H3. The molecule has 2 aliphatic rings. The Bertz CT molecular complexity index is 316. The first-order chi connectivity index (χ1) is 8.74. The van der Waals surface area contributed by atoms with Gasteiger partial charge < -0.3 is 9.64 Å². The number of ether oxygens (including phenoxy) is 1. The maximum Gasteiger partial charge on any atom is 0.248 e. The van der Waals surface area contributed by atoms with E-state index in [1.54, 1.807) is 0 Å². The van der Waals surface area contributed by atoms with Crippen LogP contribution in [0.4, 0.5) is 0 Å². The lowest BCUT2D eigenvalue weighted by Crippen LogP contribution is -2.43. The van der Waals surface area contributed by atoms with Crippen molar-refractivity contribution in [2.75, 3.05) is 19.8 Å². The van der Waals surface area contributed by atoms with Crippen LogP contribution in [0, 0.1) is 5.92 Å². The van der Waals surface area contributed by atoms with E-state index in [0.717, 1.165) is 38.6 Å². The highest BCUT2D eigenvalue weighted by molar-refractivity contribution is 5.85. The normalized spacial score (nSPS) is 28.1. The summed E-state index contributed by atoms with van der Waals surface area (Å²) < 4.78 is 5.32. The van der Waals surface area contributed by atoms with Crippen molar-refractivity contribution in [2.24, 2.45) is 5.92 Å². The average Bonchev–Trinajstić information content (AvgIpc) is 2.97. The fourth-order valence-corrected chi connectivity index (χ4v) is 3.16. The van der Waals surface area contributed by atoms with Gasteiger partial charge in [0.1, 0.15) is 12.4 Å². The van der Waals surface area contributed by atoms with Crippen LogP contribution < -0.4 is 0 Å². The van der Waals surface area contributed by atoms with Gasteiger partial charge in [-0.2, -0.15) is 0 Å². The lowest BCUT2D eigenvalue weighted by Gasteiger charge is -2.28.